The predicted octanol–water partition coefficient (Wildman–Crippen LogP) is 3.22. The number of benzene rings is 3. The third-order valence-corrected chi connectivity index (χ3v) is 4.14. The molecule has 0 spiro atoms. The molecule has 0 aliphatic carbocycles. The molecular weight excluding hydrogens is 356 g/mol. The van der Waals surface area contributed by atoms with Gasteiger partial charge >= 0.3 is 0 Å². The predicted molar refractivity (Wildman–Crippen MR) is 107 cm³/mol. The first-order valence-electron chi connectivity index (χ1n) is 9.00. The molecule has 0 aliphatic heterocycles. The fourth-order valence-electron chi connectivity index (χ4n) is 2.58. The van der Waals surface area contributed by atoms with Crippen molar-refractivity contribution in [3.8, 4) is 11.5 Å². The van der Waals surface area contributed by atoms with Crippen molar-refractivity contribution in [2.24, 2.45) is 0 Å². The van der Waals surface area contributed by atoms with E-state index in [0.29, 0.717) is 11.5 Å². The van der Waals surface area contributed by atoms with Gasteiger partial charge in [-0.25, -0.2) is 0 Å². The van der Waals surface area contributed by atoms with Gasteiger partial charge in [-0.15, -0.1) is 0 Å². The Morgan fingerprint density at radius 1 is 0.679 bits per heavy atom. The van der Waals surface area contributed by atoms with Crippen molar-refractivity contribution >= 4 is 22.6 Å². The molecule has 6 heteroatoms. The zero-order chi connectivity index (χ0) is 19.9. The summed E-state index contributed by atoms with van der Waals surface area (Å²) in [6.07, 6.45) is -1.55. The molecule has 3 aromatic rings. The number of ether oxygens (including phenoxy) is 2. The first-order valence-corrected chi connectivity index (χ1v) is 9.00. The molecule has 2 amide bonds. The Labute approximate surface area is 163 Å². The summed E-state index contributed by atoms with van der Waals surface area (Å²) in [5, 5.41) is 2.11. The summed E-state index contributed by atoms with van der Waals surface area (Å²) >= 11 is 0. The van der Waals surface area contributed by atoms with E-state index in [-0.39, 0.29) is 0 Å². The molecule has 3 rings (SSSR count). The van der Waals surface area contributed by atoms with E-state index in [2.05, 4.69) is 10.9 Å². The highest BCUT2D eigenvalue weighted by Crippen LogP contribution is 2.21. The van der Waals surface area contributed by atoms with Crippen molar-refractivity contribution in [1.29, 1.82) is 0 Å². The third-order valence-electron chi connectivity index (χ3n) is 4.14. The number of para-hydroxylation sites is 1. The van der Waals surface area contributed by atoms with Crippen LogP contribution in [0.15, 0.2) is 72.8 Å². The number of carbonyl (C=O) groups excluding carboxylic acids is 2. The molecule has 3 aromatic carbocycles. The van der Waals surface area contributed by atoms with Gasteiger partial charge in [0.2, 0.25) is 0 Å². The van der Waals surface area contributed by atoms with Gasteiger partial charge in [0.25, 0.3) is 11.8 Å². The summed E-state index contributed by atoms with van der Waals surface area (Å²) in [6.45, 7) is 3.21. The Kier molecular flexibility index (Phi) is 6.11. The van der Waals surface area contributed by atoms with Crippen LogP contribution in [0.5, 0.6) is 11.5 Å². The lowest BCUT2D eigenvalue weighted by molar-refractivity contribution is -0.135. The minimum atomic E-state index is -0.785. The van der Waals surface area contributed by atoms with Crippen molar-refractivity contribution < 1.29 is 19.1 Å². The monoisotopic (exact) mass is 378 g/mol. The van der Waals surface area contributed by atoms with E-state index in [1.165, 1.54) is 0 Å². The Morgan fingerprint density at radius 3 is 1.86 bits per heavy atom. The van der Waals surface area contributed by atoms with Gasteiger partial charge in [-0.05, 0) is 48.9 Å². The summed E-state index contributed by atoms with van der Waals surface area (Å²) < 4.78 is 11.2. The van der Waals surface area contributed by atoms with E-state index < -0.39 is 24.0 Å². The molecule has 2 atom stereocenters. The number of fused-ring (bicyclic) bond motifs is 1. The number of carbonyl (C=O) groups is 2. The number of nitrogens with one attached hydrogen (secondary N) is 2. The van der Waals surface area contributed by atoms with Crippen molar-refractivity contribution in [1.82, 2.24) is 10.9 Å². The maximum absolute atomic E-state index is 12.2. The minimum absolute atomic E-state index is 0.463. The summed E-state index contributed by atoms with van der Waals surface area (Å²) in [4.78, 5) is 24.3. The van der Waals surface area contributed by atoms with Crippen LogP contribution in [0.1, 0.15) is 13.8 Å². The van der Waals surface area contributed by atoms with Gasteiger partial charge in [0.05, 0.1) is 0 Å². The van der Waals surface area contributed by atoms with Gasteiger partial charge in [0.1, 0.15) is 11.5 Å². The Bertz CT molecular complexity index is 959. The van der Waals surface area contributed by atoms with Crippen LogP contribution in [0.25, 0.3) is 10.8 Å². The van der Waals surface area contributed by atoms with Gasteiger partial charge < -0.3 is 9.47 Å². The van der Waals surface area contributed by atoms with Crippen LogP contribution in [0.4, 0.5) is 0 Å². The van der Waals surface area contributed by atoms with E-state index >= 15 is 0 Å². The highest BCUT2D eigenvalue weighted by atomic mass is 16.5. The van der Waals surface area contributed by atoms with Crippen molar-refractivity contribution in [2.75, 3.05) is 0 Å². The second-order valence-electron chi connectivity index (χ2n) is 6.32. The fraction of sp³-hybridized carbons (Fsp3) is 0.182. The normalized spacial score (nSPS) is 12.6. The molecule has 0 fully saturated rings. The Balaban J connectivity index is 1.49. The van der Waals surface area contributed by atoms with E-state index in [1.54, 1.807) is 32.0 Å². The molecular formula is C22H22N2O4. The zero-order valence-corrected chi connectivity index (χ0v) is 15.7. The number of hydrazine groups is 1. The van der Waals surface area contributed by atoms with E-state index in [1.807, 2.05) is 54.6 Å². The molecule has 0 saturated carbocycles. The van der Waals surface area contributed by atoms with E-state index in [0.717, 1.165) is 10.8 Å². The van der Waals surface area contributed by atoms with E-state index in [9.17, 15) is 9.59 Å². The van der Waals surface area contributed by atoms with Gasteiger partial charge in [-0.2, -0.15) is 0 Å². The van der Waals surface area contributed by atoms with Crippen molar-refractivity contribution in [2.45, 2.75) is 26.1 Å². The fourth-order valence-corrected chi connectivity index (χ4v) is 2.58. The largest absolute Gasteiger partial charge is 0.481 e. The molecule has 0 aliphatic rings. The summed E-state index contributed by atoms with van der Waals surface area (Å²) in [6, 6.07) is 22.5. The van der Waals surface area contributed by atoms with Gasteiger partial charge in [0, 0.05) is 0 Å². The number of amides is 2. The van der Waals surface area contributed by atoms with Crippen LogP contribution < -0.4 is 20.3 Å². The Morgan fingerprint density at radius 2 is 1.21 bits per heavy atom. The average Bonchev–Trinajstić information content (AvgIpc) is 2.72. The summed E-state index contributed by atoms with van der Waals surface area (Å²) in [5.74, 6) is 0.224. The third kappa shape index (κ3) is 5.01. The van der Waals surface area contributed by atoms with Gasteiger partial charge in [0.15, 0.2) is 12.2 Å². The Hall–Kier alpha value is -3.54. The maximum Gasteiger partial charge on any atom is 0.279 e. The lowest BCUT2D eigenvalue weighted by atomic mass is 10.1. The smallest absolute Gasteiger partial charge is 0.279 e. The molecule has 144 valence electrons. The summed E-state index contributed by atoms with van der Waals surface area (Å²) in [7, 11) is 0. The standard InChI is InChI=1S/C22H22N2O4/c1-15(27-19-10-4-3-5-11-19)21(25)23-24-22(26)16(2)28-20-13-12-17-8-6-7-9-18(17)14-20/h3-16H,1-2H3,(H,23,25)(H,24,26). The molecule has 6 nitrogen and oxygen atoms in total. The number of hydrogen-bond acceptors (Lipinski definition) is 4. The van der Waals surface area contributed by atoms with E-state index in [4.69, 9.17) is 9.47 Å². The minimum Gasteiger partial charge on any atom is -0.481 e. The molecule has 0 aromatic heterocycles. The lowest BCUT2D eigenvalue weighted by Crippen LogP contribution is -2.50. The first kappa shape index (κ1) is 19.2. The maximum atomic E-state index is 12.2. The van der Waals surface area contributed by atoms with Crippen molar-refractivity contribution in [3.63, 3.8) is 0 Å². The highest BCUT2D eigenvalue weighted by Gasteiger charge is 2.19. The topological polar surface area (TPSA) is 76.7 Å². The van der Waals surface area contributed by atoms with Crippen LogP contribution in [-0.4, -0.2) is 24.0 Å². The van der Waals surface area contributed by atoms with Crippen molar-refractivity contribution in [3.05, 3.63) is 72.8 Å². The van der Waals surface area contributed by atoms with Crippen LogP contribution >= 0.6 is 0 Å². The number of hydrogen-bond donors (Lipinski definition) is 2. The van der Waals surface area contributed by atoms with Gasteiger partial charge in [-0.1, -0.05) is 48.5 Å². The van der Waals surface area contributed by atoms with Crippen LogP contribution in [0.3, 0.4) is 0 Å². The molecule has 0 radical (unpaired) electrons. The van der Waals surface area contributed by atoms with Crippen LogP contribution in [0, 0.1) is 0 Å². The molecule has 28 heavy (non-hydrogen) atoms. The summed E-state index contributed by atoms with van der Waals surface area (Å²) in [5.41, 5.74) is 4.72. The molecule has 0 saturated heterocycles. The second-order valence-corrected chi connectivity index (χ2v) is 6.32. The first-order chi connectivity index (χ1) is 13.5. The highest BCUT2D eigenvalue weighted by molar-refractivity contribution is 5.87. The lowest BCUT2D eigenvalue weighted by Gasteiger charge is -2.18. The zero-order valence-electron chi connectivity index (χ0n) is 15.7. The molecule has 2 unspecified atom stereocenters. The quantitative estimate of drug-likeness (QED) is 0.646. The SMILES string of the molecule is CC(Oc1ccccc1)C(=O)NNC(=O)C(C)Oc1ccc2ccccc2c1. The average molecular weight is 378 g/mol. The van der Waals surface area contributed by atoms with Crippen LogP contribution in [0.2, 0.25) is 0 Å². The van der Waals surface area contributed by atoms with Gasteiger partial charge in [-0.3, -0.25) is 20.4 Å². The molecule has 2 N–H and O–H groups in total. The molecule has 0 heterocycles. The molecule has 0 bridgehead atoms. The second kappa shape index (κ2) is 8.90. The van der Waals surface area contributed by atoms with Crippen LogP contribution in [-0.2, 0) is 9.59 Å². The number of rotatable bonds is 6.